The van der Waals surface area contributed by atoms with Gasteiger partial charge >= 0.3 is 5.97 Å². The first-order valence-corrected chi connectivity index (χ1v) is 18.7. The average molecular weight is 707 g/mol. The number of benzene rings is 1. The number of aryl methyl sites for hydroxylation is 2. The highest BCUT2D eigenvalue weighted by Gasteiger charge is 2.63. The van der Waals surface area contributed by atoms with Crippen molar-refractivity contribution < 1.29 is 33.6 Å². The fourth-order valence-corrected chi connectivity index (χ4v) is 9.22. The zero-order valence-corrected chi connectivity index (χ0v) is 28.8. The highest BCUT2D eigenvalue weighted by atomic mass is 33.1. The molecule has 4 unspecified atom stereocenters. The van der Waals surface area contributed by atoms with Crippen LogP contribution in [0.25, 0.3) is 22.2 Å². The van der Waals surface area contributed by atoms with Gasteiger partial charge in [-0.05, 0) is 63.3 Å². The number of esters is 1. The molecular weight excluding hydrogens is 669 g/mol. The van der Waals surface area contributed by atoms with E-state index in [1.807, 2.05) is 25.1 Å². The number of phenols is 1. The number of phenolic OH excluding ortho intramolecular Hbond substituents is 1. The second kappa shape index (κ2) is 13.0. The Hall–Kier alpha value is -3.98. The van der Waals surface area contributed by atoms with Gasteiger partial charge < -0.3 is 40.3 Å². The number of aromatic nitrogens is 2. The van der Waals surface area contributed by atoms with Crippen molar-refractivity contribution in [2.24, 2.45) is 0 Å². The molecule has 14 heteroatoms. The van der Waals surface area contributed by atoms with Crippen molar-refractivity contribution in [2.75, 3.05) is 23.8 Å². The highest BCUT2D eigenvalue weighted by Crippen LogP contribution is 2.48. The summed E-state index contributed by atoms with van der Waals surface area (Å²) in [5, 5.41) is 21.1. The second-order valence-electron chi connectivity index (χ2n) is 13.0. The van der Waals surface area contributed by atoms with Crippen LogP contribution in [-0.2, 0) is 32.9 Å². The fourth-order valence-electron chi connectivity index (χ4n) is 6.90. The number of fused-ring (bicyclic) bond motifs is 8. The first-order valence-electron chi connectivity index (χ1n) is 16.2. The number of pyridine rings is 2. The van der Waals surface area contributed by atoms with Gasteiger partial charge in [-0.25, -0.2) is 14.8 Å². The molecule has 3 aliphatic heterocycles. The quantitative estimate of drug-likeness (QED) is 0.128. The third-order valence-corrected chi connectivity index (χ3v) is 11.9. The molecule has 1 fully saturated rings. The number of nitrogens with zero attached hydrogens (tertiary/aromatic N) is 2. The van der Waals surface area contributed by atoms with Gasteiger partial charge in [-0.1, -0.05) is 21.6 Å². The van der Waals surface area contributed by atoms with Crippen molar-refractivity contribution in [1.82, 2.24) is 9.97 Å². The van der Waals surface area contributed by atoms with E-state index < -0.39 is 29.4 Å². The van der Waals surface area contributed by atoms with Gasteiger partial charge in [0.15, 0.2) is 11.0 Å². The third kappa shape index (κ3) is 6.31. The number of hydrogen-bond acceptors (Lipinski definition) is 14. The predicted molar refractivity (Wildman–Crippen MR) is 188 cm³/mol. The van der Waals surface area contributed by atoms with Gasteiger partial charge in [0.05, 0.1) is 11.8 Å². The number of aliphatic hydroxyl groups excluding tert-OH is 1. The summed E-state index contributed by atoms with van der Waals surface area (Å²) < 4.78 is 24.8. The van der Waals surface area contributed by atoms with Crippen molar-refractivity contribution in [2.45, 2.75) is 81.5 Å². The molecule has 0 amide bonds. The normalized spacial score (nSPS) is 25.4. The van der Waals surface area contributed by atoms with E-state index in [4.69, 9.17) is 30.1 Å². The van der Waals surface area contributed by atoms with Crippen LogP contribution < -0.4 is 21.6 Å². The Kier molecular flexibility index (Phi) is 8.92. The number of anilines is 2. The number of epoxide rings is 1. The number of rotatable bonds is 3. The molecule has 1 saturated heterocycles. The third-order valence-electron chi connectivity index (χ3n) is 9.64. The van der Waals surface area contributed by atoms with Crippen molar-refractivity contribution in [3.8, 4) is 22.8 Å². The molecule has 1 aromatic carbocycles. The topological polar surface area (TPSA) is 197 Å². The molecule has 6 N–H and O–H groups in total. The molecule has 3 aliphatic rings. The van der Waals surface area contributed by atoms with Gasteiger partial charge in [-0.2, -0.15) is 0 Å². The molecule has 7 rings (SSSR count). The maximum Gasteiger partial charge on any atom is 0.341 e. The van der Waals surface area contributed by atoms with E-state index in [2.05, 4.69) is 9.97 Å². The summed E-state index contributed by atoms with van der Waals surface area (Å²) in [5.74, 6) is 1.95. The average Bonchev–Trinajstić information content (AvgIpc) is 3.77. The van der Waals surface area contributed by atoms with Gasteiger partial charge in [0.1, 0.15) is 51.6 Å². The Labute approximate surface area is 290 Å². The highest BCUT2D eigenvalue weighted by molar-refractivity contribution is 8.76. The molecule has 0 aliphatic carbocycles. The van der Waals surface area contributed by atoms with E-state index in [-0.39, 0.29) is 41.6 Å². The maximum absolute atomic E-state index is 14.1. The molecule has 258 valence electrons. The number of aliphatic hydroxyl groups is 1. The first kappa shape index (κ1) is 33.5. The summed E-state index contributed by atoms with van der Waals surface area (Å²) in [6.07, 6.45) is 2.66. The number of carbonyl (C=O) groups is 1. The molecular formula is C35H38N4O8S2. The summed E-state index contributed by atoms with van der Waals surface area (Å²) in [6, 6.07) is 8.63. The lowest BCUT2D eigenvalue weighted by molar-refractivity contribution is -0.169. The van der Waals surface area contributed by atoms with Crippen molar-refractivity contribution in [3.05, 3.63) is 69.2 Å². The smallest absolute Gasteiger partial charge is 0.341 e. The molecule has 0 spiro atoms. The van der Waals surface area contributed by atoms with Crippen molar-refractivity contribution in [1.29, 1.82) is 0 Å². The van der Waals surface area contributed by atoms with Crippen LogP contribution in [0.3, 0.4) is 0 Å². The standard InChI is InChI=1S/C35H38N4O8S2/c1-18-12-24(41)30-26(44-18)16-25-21(31(30)42)15-28-34(2,46-25)8-11-48-49-17-22-20(6-9-38-32(22)37)23-13-19(14-29(36)39-23)4-5-27-35(47-27,7-3-10-40)33(43)45-28/h6,9,12-14,16,27-28,40,42H,3-5,7-8,10-11,15,17H2,1-2H3,(H2,36,39)(H2,37,38). The predicted octanol–water partition coefficient (Wildman–Crippen LogP) is 4.86. The lowest BCUT2D eigenvalue weighted by Crippen LogP contribution is -2.53. The van der Waals surface area contributed by atoms with Gasteiger partial charge in [-0.3, -0.25) is 4.79 Å². The molecule has 6 heterocycles. The van der Waals surface area contributed by atoms with Crippen molar-refractivity contribution >= 4 is 50.2 Å². The first-order chi connectivity index (χ1) is 23.5. The van der Waals surface area contributed by atoms with Crippen LogP contribution in [0.15, 0.2) is 45.7 Å². The molecule has 12 nitrogen and oxygen atoms in total. The number of hydrogen-bond donors (Lipinski definition) is 4. The van der Waals surface area contributed by atoms with Crippen LogP contribution in [0, 0.1) is 6.92 Å². The SMILES string of the molecule is Cc1cc(=O)c2c(O)c3c(cc2o1)OC1(C)CCSSCc2c(ccnc2N)-c2cc(cc(N)n2)CCC2OC2(CCCO)C(=O)OC1C3. The van der Waals surface area contributed by atoms with Gasteiger partial charge in [0.25, 0.3) is 0 Å². The number of ether oxygens (including phenoxy) is 3. The van der Waals surface area contributed by atoms with E-state index in [0.29, 0.717) is 71.6 Å². The summed E-state index contributed by atoms with van der Waals surface area (Å²) in [6.45, 7) is 3.44. The van der Waals surface area contributed by atoms with E-state index in [1.165, 1.54) is 6.07 Å². The molecule has 49 heavy (non-hydrogen) atoms. The van der Waals surface area contributed by atoms with E-state index in [1.54, 1.807) is 40.8 Å². The van der Waals surface area contributed by atoms with Crippen LogP contribution in [0.4, 0.5) is 11.6 Å². The van der Waals surface area contributed by atoms with Crippen LogP contribution >= 0.6 is 21.6 Å². The lowest BCUT2D eigenvalue weighted by atomic mass is 9.86. The lowest BCUT2D eigenvalue weighted by Gasteiger charge is -2.42. The summed E-state index contributed by atoms with van der Waals surface area (Å²) in [4.78, 5) is 35.9. The van der Waals surface area contributed by atoms with E-state index in [9.17, 15) is 19.8 Å². The molecule has 3 aromatic heterocycles. The zero-order valence-electron chi connectivity index (χ0n) is 27.2. The molecule has 0 saturated carbocycles. The van der Waals surface area contributed by atoms with Gasteiger partial charge in [0.2, 0.25) is 0 Å². The van der Waals surface area contributed by atoms with E-state index in [0.717, 1.165) is 16.7 Å². The molecule has 4 aromatic rings. The maximum atomic E-state index is 14.1. The summed E-state index contributed by atoms with van der Waals surface area (Å²) in [7, 11) is 3.23. The molecule has 2 bridgehead atoms. The minimum atomic E-state index is -1.24. The summed E-state index contributed by atoms with van der Waals surface area (Å²) >= 11 is 0. The Morgan fingerprint density at radius 1 is 1.10 bits per heavy atom. The fraction of sp³-hybridized carbons (Fsp3) is 0.429. The molecule has 0 radical (unpaired) electrons. The van der Waals surface area contributed by atoms with Crippen LogP contribution in [0.1, 0.15) is 55.1 Å². The minimum Gasteiger partial charge on any atom is -0.507 e. The number of nitrogen functional groups attached to an aromatic ring is 2. The zero-order chi connectivity index (χ0) is 34.5. The van der Waals surface area contributed by atoms with Crippen molar-refractivity contribution in [3.63, 3.8) is 0 Å². The second-order valence-corrected chi connectivity index (χ2v) is 15.6. The van der Waals surface area contributed by atoms with Crippen LogP contribution in [0.5, 0.6) is 11.5 Å². The van der Waals surface area contributed by atoms with Crippen LogP contribution in [-0.4, -0.2) is 61.9 Å². The van der Waals surface area contributed by atoms with Crippen LogP contribution in [0.2, 0.25) is 0 Å². The Morgan fingerprint density at radius 3 is 2.76 bits per heavy atom. The van der Waals surface area contributed by atoms with Gasteiger partial charge in [0, 0.05) is 66.0 Å². The number of carbonyl (C=O) groups excluding carboxylic acids is 1. The Bertz CT molecular complexity index is 2010. The van der Waals surface area contributed by atoms with Gasteiger partial charge in [-0.15, -0.1) is 0 Å². The minimum absolute atomic E-state index is 0.0500. The molecule has 4 atom stereocenters. The van der Waals surface area contributed by atoms with E-state index >= 15 is 0 Å². The number of aromatic hydroxyl groups is 1. The Balaban J connectivity index is 1.26. The number of nitrogens with two attached hydrogens (primary N) is 2. The Morgan fingerprint density at radius 2 is 1.94 bits per heavy atom. The summed E-state index contributed by atoms with van der Waals surface area (Å²) in [5.41, 5.74) is 13.9. The monoisotopic (exact) mass is 706 g/mol. The largest absolute Gasteiger partial charge is 0.507 e.